The Kier molecular flexibility index (Phi) is 8.17. The predicted molar refractivity (Wildman–Crippen MR) is 94.9 cm³/mol. The smallest absolute Gasteiger partial charge is 0.191 e. The van der Waals surface area contributed by atoms with E-state index in [2.05, 4.69) is 17.6 Å². The van der Waals surface area contributed by atoms with Gasteiger partial charge in [-0.2, -0.15) is 0 Å². The Bertz CT molecular complexity index is 301. The van der Waals surface area contributed by atoms with E-state index < -0.39 is 0 Å². The lowest BCUT2D eigenvalue weighted by molar-refractivity contribution is 0.113. The highest BCUT2D eigenvalue weighted by atomic mass is 127. The molecule has 0 spiro atoms. The number of ether oxygens (including phenoxy) is 1. The van der Waals surface area contributed by atoms with Gasteiger partial charge in [0.05, 0.1) is 0 Å². The molecular formula is C15H30IN3O. The summed E-state index contributed by atoms with van der Waals surface area (Å²) in [5, 5.41) is 6.73. The highest BCUT2D eigenvalue weighted by Crippen LogP contribution is 2.57. The molecule has 0 unspecified atom stereocenters. The van der Waals surface area contributed by atoms with E-state index in [1.807, 2.05) is 0 Å². The van der Waals surface area contributed by atoms with Gasteiger partial charge in [-0.05, 0) is 50.4 Å². The molecule has 0 atom stereocenters. The third-order valence-electron chi connectivity index (χ3n) is 4.51. The lowest BCUT2D eigenvalue weighted by atomic mass is 9.65. The number of aliphatic imine (C=N–C) groups is 1. The molecule has 5 heteroatoms. The quantitative estimate of drug-likeness (QED) is 0.288. The third kappa shape index (κ3) is 5.06. The summed E-state index contributed by atoms with van der Waals surface area (Å²) in [6.45, 7) is 5.78. The fraction of sp³-hybridized carbons (Fsp3) is 0.933. The van der Waals surface area contributed by atoms with Gasteiger partial charge in [-0.25, -0.2) is 0 Å². The molecule has 2 fully saturated rings. The molecule has 0 saturated heterocycles. The first kappa shape index (κ1) is 18.0. The largest absolute Gasteiger partial charge is 0.385 e. The van der Waals surface area contributed by atoms with Gasteiger partial charge < -0.3 is 15.4 Å². The minimum absolute atomic E-state index is 0. The lowest BCUT2D eigenvalue weighted by Gasteiger charge is -2.41. The van der Waals surface area contributed by atoms with Crippen molar-refractivity contribution in [1.29, 1.82) is 0 Å². The topological polar surface area (TPSA) is 45.7 Å². The highest BCUT2D eigenvalue weighted by Gasteiger charge is 2.48. The van der Waals surface area contributed by atoms with E-state index in [1.165, 1.54) is 32.1 Å². The summed E-state index contributed by atoms with van der Waals surface area (Å²) in [5.41, 5.74) is 0.564. The molecule has 0 heterocycles. The molecule has 118 valence electrons. The Hall–Kier alpha value is -0.0400. The van der Waals surface area contributed by atoms with Crippen LogP contribution in [0.3, 0.4) is 0 Å². The second-order valence-corrected chi connectivity index (χ2v) is 5.96. The van der Waals surface area contributed by atoms with Crippen molar-refractivity contribution in [1.82, 2.24) is 10.6 Å². The van der Waals surface area contributed by atoms with Crippen LogP contribution in [0, 0.1) is 11.3 Å². The van der Waals surface area contributed by atoms with E-state index in [-0.39, 0.29) is 24.0 Å². The number of nitrogens with one attached hydrogen (secondary N) is 2. The van der Waals surface area contributed by atoms with E-state index in [9.17, 15) is 0 Å². The summed E-state index contributed by atoms with van der Waals surface area (Å²) in [6, 6.07) is 0. The molecule has 4 nitrogen and oxygen atoms in total. The Morgan fingerprint density at radius 3 is 2.55 bits per heavy atom. The molecule has 0 aromatic carbocycles. The van der Waals surface area contributed by atoms with Gasteiger partial charge in [0.2, 0.25) is 0 Å². The standard InChI is InChI=1S/C15H29N3O.HI/c1-3-16-14(17-10-5-11-19-2)18-12-15(8-4-9-15)13-6-7-13;/h13H,3-12H2,1-2H3,(H2,16,17,18);1H. The van der Waals surface area contributed by atoms with Crippen molar-refractivity contribution in [2.45, 2.75) is 45.4 Å². The molecule has 0 bridgehead atoms. The lowest BCUT2D eigenvalue weighted by Crippen LogP contribution is -2.41. The van der Waals surface area contributed by atoms with Crippen molar-refractivity contribution in [3.8, 4) is 0 Å². The molecular weight excluding hydrogens is 365 g/mol. The number of hydrogen-bond acceptors (Lipinski definition) is 2. The van der Waals surface area contributed by atoms with Crippen molar-refractivity contribution in [3.63, 3.8) is 0 Å². The minimum atomic E-state index is 0. The summed E-state index contributed by atoms with van der Waals surface area (Å²) < 4.78 is 5.06. The SMILES string of the molecule is CCNC(=NCC1(C2CC2)CCC1)NCCCOC.I. The van der Waals surface area contributed by atoms with Crippen molar-refractivity contribution in [3.05, 3.63) is 0 Å². The first-order valence-corrected chi connectivity index (χ1v) is 7.82. The Balaban J connectivity index is 0.00000200. The van der Waals surface area contributed by atoms with Crippen molar-refractivity contribution in [2.24, 2.45) is 16.3 Å². The van der Waals surface area contributed by atoms with Gasteiger partial charge in [-0.1, -0.05) is 6.42 Å². The zero-order chi connectivity index (χ0) is 13.6. The van der Waals surface area contributed by atoms with Gasteiger partial charge >= 0.3 is 0 Å². The molecule has 2 rings (SSSR count). The van der Waals surface area contributed by atoms with Gasteiger partial charge in [-0.3, -0.25) is 4.99 Å². The predicted octanol–water partition coefficient (Wildman–Crippen LogP) is 2.78. The molecule has 2 aliphatic rings. The van der Waals surface area contributed by atoms with Gasteiger partial charge in [0.1, 0.15) is 0 Å². The highest BCUT2D eigenvalue weighted by molar-refractivity contribution is 14.0. The first-order chi connectivity index (χ1) is 9.30. The second-order valence-electron chi connectivity index (χ2n) is 5.96. The van der Waals surface area contributed by atoms with Gasteiger partial charge in [0.15, 0.2) is 5.96 Å². The summed E-state index contributed by atoms with van der Waals surface area (Å²) in [4.78, 5) is 4.82. The molecule has 20 heavy (non-hydrogen) atoms. The fourth-order valence-electron chi connectivity index (χ4n) is 3.02. The molecule has 2 aliphatic carbocycles. The van der Waals surface area contributed by atoms with Crippen LogP contribution < -0.4 is 10.6 Å². The number of hydrogen-bond donors (Lipinski definition) is 2. The maximum Gasteiger partial charge on any atom is 0.191 e. The molecule has 0 aromatic heterocycles. The number of nitrogens with zero attached hydrogens (tertiary/aromatic N) is 1. The molecule has 0 aromatic rings. The maximum atomic E-state index is 5.06. The molecule has 2 N–H and O–H groups in total. The monoisotopic (exact) mass is 395 g/mol. The van der Waals surface area contributed by atoms with Crippen LogP contribution in [0.15, 0.2) is 4.99 Å². The summed E-state index contributed by atoms with van der Waals surface area (Å²) in [6.07, 6.45) is 8.09. The average molecular weight is 395 g/mol. The normalized spacial score (nSPS) is 20.8. The third-order valence-corrected chi connectivity index (χ3v) is 4.51. The Morgan fingerprint density at radius 1 is 1.30 bits per heavy atom. The first-order valence-electron chi connectivity index (χ1n) is 7.82. The van der Waals surface area contributed by atoms with Crippen molar-refractivity contribution >= 4 is 29.9 Å². The van der Waals surface area contributed by atoms with Crippen molar-refractivity contribution in [2.75, 3.05) is 33.4 Å². The zero-order valence-electron chi connectivity index (χ0n) is 12.9. The number of rotatable bonds is 8. The summed E-state index contributed by atoms with van der Waals surface area (Å²) in [7, 11) is 1.75. The second kappa shape index (κ2) is 9.07. The molecule has 0 aliphatic heterocycles. The van der Waals surface area contributed by atoms with Crippen LogP contribution in [0.4, 0.5) is 0 Å². The van der Waals surface area contributed by atoms with Gasteiger partial charge in [-0.15, -0.1) is 24.0 Å². The van der Waals surface area contributed by atoms with E-state index in [0.29, 0.717) is 5.41 Å². The molecule has 0 amide bonds. The van der Waals surface area contributed by atoms with Crippen LogP contribution in [0.2, 0.25) is 0 Å². The summed E-state index contributed by atoms with van der Waals surface area (Å²) >= 11 is 0. The molecule has 2 saturated carbocycles. The summed E-state index contributed by atoms with van der Waals surface area (Å²) in [5.74, 6) is 1.95. The van der Waals surface area contributed by atoms with E-state index in [0.717, 1.165) is 44.5 Å². The van der Waals surface area contributed by atoms with Crippen LogP contribution in [0.25, 0.3) is 0 Å². The molecule has 0 radical (unpaired) electrons. The van der Waals surface area contributed by atoms with Crippen molar-refractivity contribution < 1.29 is 4.74 Å². The Labute approximate surface area is 140 Å². The van der Waals surface area contributed by atoms with Crippen LogP contribution in [-0.2, 0) is 4.74 Å². The zero-order valence-corrected chi connectivity index (χ0v) is 15.2. The van der Waals surface area contributed by atoms with Crippen LogP contribution in [0.1, 0.15) is 45.4 Å². The number of methoxy groups -OCH3 is 1. The van der Waals surface area contributed by atoms with Gasteiger partial charge in [0, 0.05) is 33.4 Å². The van der Waals surface area contributed by atoms with E-state index >= 15 is 0 Å². The Morgan fingerprint density at radius 2 is 2.05 bits per heavy atom. The number of guanidine groups is 1. The van der Waals surface area contributed by atoms with Crippen LogP contribution in [-0.4, -0.2) is 39.3 Å². The number of halogens is 1. The van der Waals surface area contributed by atoms with Gasteiger partial charge in [0.25, 0.3) is 0 Å². The van der Waals surface area contributed by atoms with E-state index in [4.69, 9.17) is 9.73 Å². The maximum absolute atomic E-state index is 5.06. The van der Waals surface area contributed by atoms with E-state index in [1.54, 1.807) is 7.11 Å². The average Bonchev–Trinajstić information content (AvgIpc) is 3.18. The fourth-order valence-corrected chi connectivity index (χ4v) is 3.02. The minimum Gasteiger partial charge on any atom is -0.385 e. The van der Waals surface area contributed by atoms with Crippen LogP contribution in [0.5, 0.6) is 0 Å². The van der Waals surface area contributed by atoms with Crippen LogP contribution >= 0.6 is 24.0 Å².